The van der Waals surface area contributed by atoms with E-state index in [0.29, 0.717) is 24.3 Å². The maximum atomic E-state index is 12.5. The van der Waals surface area contributed by atoms with Crippen LogP contribution in [0.2, 0.25) is 0 Å². The number of nitrogens with one attached hydrogen (secondary N) is 1. The van der Waals surface area contributed by atoms with Crippen LogP contribution in [0.25, 0.3) is 0 Å². The summed E-state index contributed by atoms with van der Waals surface area (Å²) in [5, 5.41) is 20.7. The molecule has 1 aromatic carbocycles. The van der Waals surface area contributed by atoms with E-state index in [1.165, 1.54) is 0 Å². The van der Waals surface area contributed by atoms with Gasteiger partial charge < -0.3 is 10.4 Å². The van der Waals surface area contributed by atoms with Gasteiger partial charge in [-0.15, -0.1) is 0 Å². The Morgan fingerprint density at radius 3 is 2.67 bits per heavy atom. The molecule has 1 fully saturated rings. The summed E-state index contributed by atoms with van der Waals surface area (Å²) >= 11 is 0. The van der Waals surface area contributed by atoms with E-state index in [-0.39, 0.29) is 25.3 Å². The highest BCUT2D eigenvalue weighted by Gasteiger charge is 2.44. The number of carbonyl (C=O) groups excluding carboxylic acids is 1. The lowest BCUT2D eigenvalue weighted by Crippen LogP contribution is -2.45. The van der Waals surface area contributed by atoms with E-state index in [9.17, 15) is 23.1 Å². The lowest BCUT2D eigenvalue weighted by molar-refractivity contribution is -0.223. The van der Waals surface area contributed by atoms with Gasteiger partial charge in [-0.2, -0.15) is 18.4 Å². The Morgan fingerprint density at radius 1 is 1.42 bits per heavy atom. The number of likely N-dealkylation sites (tertiary alicyclic amines) is 1. The summed E-state index contributed by atoms with van der Waals surface area (Å²) in [4.78, 5) is 13.7. The van der Waals surface area contributed by atoms with E-state index < -0.39 is 18.2 Å². The minimum atomic E-state index is -4.60. The fraction of sp³-hybridized carbons (Fsp3) is 0.500. The summed E-state index contributed by atoms with van der Waals surface area (Å²) in [5.74, 6) is -1.11. The number of piperidine rings is 1. The smallest absolute Gasteiger partial charge is 0.383 e. The highest BCUT2D eigenvalue weighted by molar-refractivity contribution is 5.92. The molecule has 0 aliphatic carbocycles. The molecule has 8 heteroatoms. The molecule has 2 N–H and O–H groups in total. The number of hydrogen-bond acceptors (Lipinski definition) is 4. The second kappa shape index (κ2) is 7.64. The first kappa shape index (κ1) is 18.2. The Kier molecular flexibility index (Phi) is 5.80. The van der Waals surface area contributed by atoms with Gasteiger partial charge >= 0.3 is 6.18 Å². The average Bonchev–Trinajstić information content (AvgIpc) is 2.54. The number of benzene rings is 1. The second-order valence-electron chi connectivity index (χ2n) is 5.84. The summed E-state index contributed by atoms with van der Waals surface area (Å²) in [6.07, 6.45) is -6.52. The van der Waals surface area contributed by atoms with Crippen LogP contribution in [0.3, 0.4) is 0 Å². The van der Waals surface area contributed by atoms with Gasteiger partial charge in [-0.1, -0.05) is 6.07 Å². The molecule has 130 valence electrons. The van der Waals surface area contributed by atoms with Gasteiger partial charge in [0.25, 0.3) is 0 Å². The number of aliphatic hydroxyl groups excluding tert-OH is 1. The molecule has 1 amide bonds. The molecule has 0 saturated carbocycles. The first-order valence-corrected chi connectivity index (χ1v) is 7.56. The molecular weight excluding hydrogens is 323 g/mol. The summed E-state index contributed by atoms with van der Waals surface area (Å²) in [5.41, 5.74) is 0.927. The molecule has 1 saturated heterocycles. The van der Waals surface area contributed by atoms with Gasteiger partial charge in [-0.05, 0) is 50.0 Å². The van der Waals surface area contributed by atoms with Gasteiger partial charge in [0, 0.05) is 5.69 Å². The van der Waals surface area contributed by atoms with E-state index in [1.54, 1.807) is 29.2 Å². The number of alkyl halides is 3. The Morgan fingerprint density at radius 2 is 2.08 bits per heavy atom. The molecule has 5 nitrogen and oxygen atoms in total. The number of rotatable bonds is 4. The van der Waals surface area contributed by atoms with Crippen molar-refractivity contribution in [2.45, 2.75) is 25.1 Å². The molecule has 0 bridgehead atoms. The number of amides is 1. The van der Waals surface area contributed by atoms with Gasteiger partial charge in [-0.25, -0.2) is 0 Å². The lowest BCUT2D eigenvalue weighted by atomic mass is 9.91. The maximum Gasteiger partial charge on any atom is 0.414 e. The third kappa shape index (κ3) is 4.94. The summed E-state index contributed by atoms with van der Waals surface area (Å²) < 4.78 is 37.5. The largest absolute Gasteiger partial charge is 0.414 e. The number of nitriles is 1. The third-order valence-electron chi connectivity index (χ3n) is 4.06. The summed E-state index contributed by atoms with van der Waals surface area (Å²) in [6.45, 7) is 0.707. The molecule has 2 rings (SSSR count). The standard InChI is InChI=1S/C16H18F3N3O2/c17-16(18,19)15(24)12-4-6-22(7-5-12)10-14(23)21-13-3-1-2-11(8-13)9-20/h1-3,8,12,15,24H,4-7,10H2,(H,21,23). The van der Waals surface area contributed by atoms with Crippen molar-refractivity contribution in [1.82, 2.24) is 4.90 Å². The number of halogens is 3. The van der Waals surface area contributed by atoms with Gasteiger partial charge in [-0.3, -0.25) is 9.69 Å². The van der Waals surface area contributed by atoms with Crippen LogP contribution < -0.4 is 5.32 Å². The van der Waals surface area contributed by atoms with Gasteiger partial charge in [0.15, 0.2) is 6.10 Å². The minimum Gasteiger partial charge on any atom is -0.383 e. The van der Waals surface area contributed by atoms with Crippen LogP contribution in [0.4, 0.5) is 18.9 Å². The molecule has 0 aromatic heterocycles. The van der Waals surface area contributed by atoms with Crippen molar-refractivity contribution in [3.63, 3.8) is 0 Å². The predicted molar refractivity (Wildman–Crippen MR) is 81.0 cm³/mol. The first-order chi connectivity index (χ1) is 11.3. The number of nitrogens with zero attached hydrogens (tertiary/aromatic N) is 2. The lowest BCUT2D eigenvalue weighted by Gasteiger charge is -2.34. The van der Waals surface area contributed by atoms with Crippen LogP contribution in [-0.4, -0.2) is 47.8 Å². The van der Waals surface area contributed by atoms with Crippen LogP contribution in [-0.2, 0) is 4.79 Å². The van der Waals surface area contributed by atoms with Crippen molar-refractivity contribution >= 4 is 11.6 Å². The molecule has 1 aliphatic rings. The van der Waals surface area contributed by atoms with E-state index in [0.717, 1.165) is 0 Å². The second-order valence-corrected chi connectivity index (χ2v) is 5.84. The van der Waals surface area contributed by atoms with Gasteiger partial charge in [0.05, 0.1) is 18.2 Å². The highest BCUT2D eigenvalue weighted by Crippen LogP contribution is 2.31. The van der Waals surface area contributed by atoms with Crippen LogP contribution >= 0.6 is 0 Å². The zero-order chi connectivity index (χ0) is 17.7. The monoisotopic (exact) mass is 341 g/mol. The topological polar surface area (TPSA) is 76.4 Å². The molecule has 24 heavy (non-hydrogen) atoms. The van der Waals surface area contributed by atoms with Crippen molar-refractivity contribution in [2.75, 3.05) is 25.0 Å². The normalized spacial score (nSPS) is 18.0. The molecule has 1 atom stereocenters. The molecular formula is C16H18F3N3O2. The molecule has 1 unspecified atom stereocenters. The number of aliphatic hydroxyl groups is 1. The Hall–Kier alpha value is -2.11. The quantitative estimate of drug-likeness (QED) is 0.880. The van der Waals surface area contributed by atoms with Crippen LogP contribution in [0.5, 0.6) is 0 Å². The fourth-order valence-corrected chi connectivity index (χ4v) is 2.76. The van der Waals surface area contributed by atoms with Crippen LogP contribution in [0, 0.1) is 17.2 Å². The molecule has 1 heterocycles. The Labute approximate surface area is 137 Å². The summed E-state index contributed by atoms with van der Waals surface area (Å²) in [7, 11) is 0. The van der Waals surface area contributed by atoms with E-state index in [1.807, 2.05) is 6.07 Å². The van der Waals surface area contributed by atoms with E-state index in [2.05, 4.69) is 5.32 Å². The predicted octanol–water partition coefficient (Wildman–Crippen LogP) is 2.13. The molecule has 1 aliphatic heterocycles. The Bertz CT molecular complexity index is 620. The van der Waals surface area contributed by atoms with Crippen LogP contribution in [0.15, 0.2) is 24.3 Å². The van der Waals surface area contributed by atoms with Crippen LogP contribution in [0.1, 0.15) is 18.4 Å². The molecule has 0 spiro atoms. The van der Waals surface area contributed by atoms with Crippen molar-refractivity contribution in [1.29, 1.82) is 5.26 Å². The maximum absolute atomic E-state index is 12.5. The van der Waals surface area contributed by atoms with Crippen molar-refractivity contribution in [2.24, 2.45) is 5.92 Å². The number of anilines is 1. The zero-order valence-electron chi connectivity index (χ0n) is 12.9. The van der Waals surface area contributed by atoms with Crippen molar-refractivity contribution < 1.29 is 23.1 Å². The molecule has 1 aromatic rings. The number of hydrogen-bond donors (Lipinski definition) is 2. The summed E-state index contributed by atoms with van der Waals surface area (Å²) in [6, 6.07) is 8.44. The van der Waals surface area contributed by atoms with Gasteiger partial charge in [0.2, 0.25) is 5.91 Å². The van der Waals surface area contributed by atoms with Crippen molar-refractivity contribution in [3.05, 3.63) is 29.8 Å². The first-order valence-electron chi connectivity index (χ1n) is 7.56. The van der Waals surface area contributed by atoms with Gasteiger partial charge in [0.1, 0.15) is 0 Å². The SMILES string of the molecule is N#Cc1cccc(NC(=O)CN2CCC(C(O)C(F)(F)F)CC2)c1. The van der Waals surface area contributed by atoms with Crippen molar-refractivity contribution in [3.8, 4) is 6.07 Å². The fourth-order valence-electron chi connectivity index (χ4n) is 2.76. The minimum absolute atomic E-state index is 0.0611. The average molecular weight is 341 g/mol. The highest BCUT2D eigenvalue weighted by atomic mass is 19.4. The van der Waals surface area contributed by atoms with E-state index >= 15 is 0 Å². The number of carbonyl (C=O) groups is 1. The zero-order valence-corrected chi connectivity index (χ0v) is 12.9. The van der Waals surface area contributed by atoms with E-state index in [4.69, 9.17) is 5.26 Å². The Balaban J connectivity index is 1.81. The third-order valence-corrected chi connectivity index (χ3v) is 4.06. The molecule has 0 radical (unpaired) electrons.